The van der Waals surface area contributed by atoms with Crippen LogP contribution in [0.25, 0.3) is 0 Å². The van der Waals surface area contributed by atoms with Crippen LogP contribution in [0, 0.1) is 5.92 Å². The van der Waals surface area contributed by atoms with E-state index in [0.29, 0.717) is 24.4 Å². The normalized spacial score (nSPS) is 19.3. The molecule has 0 radical (unpaired) electrons. The van der Waals surface area contributed by atoms with Crippen LogP contribution < -0.4 is 16.0 Å². The molecule has 1 unspecified atom stereocenters. The second kappa shape index (κ2) is 6.01. The number of carbonyl (C=O) groups is 1. The second-order valence-electron chi connectivity index (χ2n) is 5.26. The number of primary amides is 1. The number of amides is 1. The topological polar surface area (TPSA) is 97.3 Å². The van der Waals surface area contributed by atoms with Crippen molar-refractivity contribution >= 4 is 11.9 Å². The quantitative estimate of drug-likeness (QED) is 0.768. The molecular formula is C12H21N5O2. The average Bonchev–Trinajstić information content (AvgIpc) is 2.95. The first-order chi connectivity index (χ1) is 9.08. The lowest BCUT2D eigenvalue weighted by atomic mass is 10.2. The van der Waals surface area contributed by atoms with Crippen LogP contribution in [0.1, 0.15) is 32.6 Å². The second-order valence-corrected chi connectivity index (χ2v) is 5.26. The van der Waals surface area contributed by atoms with Crippen molar-refractivity contribution < 1.29 is 9.21 Å². The number of anilines is 1. The van der Waals surface area contributed by atoms with Crippen LogP contribution in [0.2, 0.25) is 0 Å². The summed E-state index contributed by atoms with van der Waals surface area (Å²) >= 11 is 0. The van der Waals surface area contributed by atoms with E-state index in [1.807, 2.05) is 0 Å². The van der Waals surface area contributed by atoms with Gasteiger partial charge in [-0.25, -0.2) is 0 Å². The van der Waals surface area contributed by atoms with Crippen LogP contribution in [0.5, 0.6) is 0 Å². The number of nitrogens with two attached hydrogens (primary N) is 1. The number of aromatic nitrogens is 2. The van der Waals surface area contributed by atoms with Crippen molar-refractivity contribution in [3.63, 3.8) is 0 Å². The molecule has 1 aromatic heterocycles. The van der Waals surface area contributed by atoms with Crippen LogP contribution in [0.3, 0.4) is 0 Å². The Hall–Kier alpha value is -1.63. The van der Waals surface area contributed by atoms with Gasteiger partial charge < -0.3 is 20.4 Å². The molecule has 19 heavy (non-hydrogen) atoms. The van der Waals surface area contributed by atoms with Crippen LogP contribution in [-0.4, -0.2) is 35.2 Å². The summed E-state index contributed by atoms with van der Waals surface area (Å²) in [4.78, 5) is 13.1. The molecule has 2 heterocycles. The van der Waals surface area contributed by atoms with E-state index >= 15 is 0 Å². The molecule has 106 valence electrons. The number of nitrogens with zero attached hydrogens (tertiary/aromatic N) is 3. The number of hydrogen-bond acceptors (Lipinski definition) is 6. The fourth-order valence-electron chi connectivity index (χ4n) is 2.19. The Morgan fingerprint density at radius 3 is 3.05 bits per heavy atom. The molecule has 1 fully saturated rings. The molecule has 0 spiro atoms. The SMILES string of the molecule is CC(C)CNCc1nnc(N2CCCC2C(N)=O)o1. The summed E-state index contributed by atoms with van der Waals surface area (Å²) in [6.45, 7) is 6.43. The number of rotatable bonds is 6. The molecule has 0 aromatic carbocycles. The van der Waals surface area contributed by atoms with E-state index in [1.54, 1.807) is 4.90 Å². The number of carbonyl (C=O) groups excluding carboxylic acids is 1. The van der Waals surface area contributed by atoms with Crippen molar-refractivity contribution in [1.29, 1.82) is 0 Å². The third-order valence-electron chi connectivity index (χ3n) is 3.11. The molecule has 1 aliphatic rings. The Morgan fingerprint density at radius 2 is 2.37 bits per heavy atom. The van der Waals surface area contributed by atoms with Crippen LogP contribution >= 0.6 is 0 Å². The lowest BCUT2D eigenvalue weighted by Gasteiger charge is -2.18. The van der Waals surface area contributed by atoms with Gasteiger partial charge in [0, 0.05) is 6.54 Å². The van der Waals surface area contributed by atoms with Gasteiger partial charge in [-0.05, 0) is 25.3 Å². The highest BCUT2D eigenvalue weighted by molar-refractivity contribution is 5.83. The van der Waals surface area contributed by atoms with E-state index in [9.17, 15) is 4.79 Å². The summed E-state index contributed by atoms with van der Waals surface area (Å²) in [6.07, 6.45) is 1.66. The Morgan fingerprint density at radius 1 is 1.58 bits per heavy atom. The molecule has 1 atom stereocenters. The maximum atomic E-state index is 11.3. The third kappa shape index (κ3) is 3.44. The first-order valence-electron chi connectivity index (χ1n) is 6.67. The molecule has 0 bridgehead atoms. The van der Waals surface area contributed by atoms with E-state index in [4.69, 9.17) is 10.2 Å². The maximum Gasteiger partial charge on any atom is 0.318 e. The standard InChI is InChI=1S/C12H21N5O2/c1-8(2)6-14-7-10-15-16-12(19-10)17-5-3-4-9(17)11(13)18/h8-9,14H,3-7H2,1-2H3,(H2,13,18). The highest BCUT2D eigenvalue weighted by Crippen LogP contribution is 2.23. The summed E-state index contributed by atoms with van der Waals surface area (Å²) in [5, 5.41) is 11.2. The molecule has 0 aliphatic carbocycles. The number of hydrogen-bond donors (Lipinski definition) is 2. The first-order valence-corrected chi connectivity index (χ1v) is 6.67. The molecule has 1 saturated heterocycles. The zero-order valence-electron chi connectivity index (χ0n) is 11.4. The molecule has 1 amide bonds. The zero-order chi connectivity index (χ0) is 13.8. The lowest BCUT2D eigenvalue weighted by Crippen LogP contribution is -2.40. The summed E-state index contributed by atoms with van der Waals surface area (Å²) in [7, 11) is 0. The molecule has 1 aromatic rings. The Labute approximate surface area is 112 Å². The van der Waals surface area contributed by atoms with Crippen LogP contribution in [-0.2, 0) is 11.3 Å². The molecule has 1 aliphatic heterocycles. The van der Waals surface area contributed by atoms with E-state index in [0.717, 1.165) is 25.9 Å². The van der Waals surface area contributed by atoms with Crippen molar-refractivity contribution in [2.24, 2.45) is 11.7 Å². The van der Waals surface area contributed by atoms with Gasteiger partial charge >= 0.3 is 6.01 Å². The fraction of sp³-hybridized carbons (Fsp3) is 0.750. The lowest BCUT2D eigenvalue weighted by molar-refractivity contribution is -0.119. The largest absolute Gasteiger partial charge is 0.407 e. The van der Waals surface area contributed by atoms with E-state index in [2.05, 4.69) is 29.4 Å². The minimum atomic E-state index is -0.338. The van der Waals surface area contributed by atoms with Gasteiger partial charge in [-0.2, -0.15) is 0 Å². The van der Waals surface area contributed by atoms with Gasteiger partial charge in [0.15, 0.2) is 0 Å². The maximum absolute atomic E-state index is 11.3. The number of nitrogens with one attached hydrogen (secondary N) is 1. The van der Waals surface area contributed by atoms with Gasteiger partial charge in [0.25, 0.3) is 0 Å². The van der Waals surface area contributed by atoms with Crippen molar-refractivity contribution in [3.8, 4) is 0 Å². The molecule has 7 nitrogen and oxygen atoms in total. The van der Waals surface area contributed by atoms with E-state index in [1.165, 1.54) is 0 Å². The molecule has 0 saturated carbocycles. The highest BCUT2D eigenvalue weighted by Gasteiger charge is 2.32. The van der Waals surface area contributed by atoms with Crippen LogP contribution in [0.15, 0.2) is 4.42 Å². The smallest absolute Gasteiger partial charge is 0.318 e. The zero-order valence-corrected chi connectivity index (χ0v) is 11.4. The molecular weight excluding hydrogens is 246 g/mol. The van der Waals surface area contributed by atoms with Crippen molar-refractivity contribution in [1.82, 2.24) is 15.5 Å². The van der Waals surface area contributed by atoms with Crippen molar-refractivity contribution in [2.75, 3.05) is 18.0 Å². The highest BCUT2D eigenvalue weighted by atomic mass is 16.4. The first kappa shape index (κ1) is 13.8. The third-order valence-corrected chi connectivity index (χ3v) is 3.11. The van der Waals surface area contributed by atoms with Gasteiger partial charge in [0.1, 0.15) is 6.04 Å². The fourth-order valence-corrected chi connectivity index (χ4v) is 2.19. The van der Waals surface area contributed by atoms with Crippen molar-refractivity contribution in [3.05, 3.63) is 5.89 Å². The minimum absolute atomic E-state index is 0.322. The monoisotopic (exact) mass is 267 g/mol. The van der Waals surface area contributed by atoms with Gasteiger partial charge in [0.05, 0.1) is 6.54 Å². The molecule has 2 rings (SSSR count). The molecule has 7 heteroatoms. The van der Waals surface area contributed by atoms with Gasteiger partial charge in [-0.1, -0.05) is 18.9 Å². The van der Waals surface area contributed by atoms with Gasteiger partial charge in [0.2, 0.25) is 11.8 Å². The summed E-state index contributed by atoms with van der Waals surface area (Å²) in [5.74, 6) is 0.765. The summed E-state index contributed by atoms with van der Waals surface area (Å²) in [5.41, 5.74) is 5.36. The van der Waals surface area contributed by atoms with Crippen LogP contribution in [0.4, 0.5) is 6.01 Å². The minimum Gasteiger partial charge on any atom is -0.407 e. The van der Waals surface area contributed by atoms with E-state index < -0.39 is 0 Å². The molecule has 3 N–H and O–H groups in total. The Kier molecular flexibility index (Phi) is 4.36. The predicted octanol–water partition coefficient (Wildman–Crippen LogP) is 0.269. The average molecular weight is 267 g/mol. The van der Waals surface area contributed by atoms with E-state index in [-0.39, 0.29) is 11.9 Å². The Bertz CT molecular complexity index is 432. The van der Waals surface area contributed by atoms with Gasteiger partial charge in [-0.15, -0.1) is 5.10 Å². The Balaban J connectivity index is 1.94. The van der Waals surface area contributed by atoms with Crippen molar-refractivity contribution in [2.45, 2.75) is 39.3 Å². The van der Waals surface area contributed by atoms with Gasteiger partial charge in [-0.3, -0.25) is 4.79 Å². The summed E-state index contributed by atoms with van der Waals surface area (Å²) in [6, 6.07) is 0.0690. The predicted molar refractivity (Wildman–Crippen MR) is 70.4 cm³/mol. The summed E-state index contributed by atoms with van der Waals surface area (Å²) < 4.78 is 5.56.